The van der Waals surface area contributed by atoms with Gasteiger partial charge in [0.1, 0.15) is 25.3 Å². The van der Waals surface area contributed by atoms with E-state index in [4.69, 9.17) is 9.47 Å². The van der Waals surface area contributed by atoms with Crippen LogP contribution < -0.4 is 20.1 Å². The fraction of sp³-hybridized carbons (Fsp3) is 0.571. The van der Waals surface area contributed by atoms with Crippen molar-refractivity contribution in [2.45, 2.75) is 51.1 Å². The number of nitrogens with one attached hydrogen (secondary N) is 2. The van der Waals surface area contributed by atoms with E-state index in [1.54, 1.807) is 25.1 Å². The molecule has 2 aliphatic heterocycles. The largest absolute Gasteiger partial charge is 0.486 e. The average molecular weight is 401 g/mol. The van der Waals surface area contributed by atoms with Crippen molar-refractivity contribution in [3.05, 3.63) is 23.8 Å². The summed E-state index contributed by atoms with van der Waals surface area (Å²) in [6, 6.07) is 4.70. The van der Waals surface area contributed by atoms with E-state index < -0.39 is 17.5 Å². The Hall–Kier alpha value is -2.77. The first kappa shape index (κ1) is 19.5. The maximum Gasteiger partial charge on any atom is 0.325 e. The van der Waals surface area contributed by atoms with Crippen LogP contribution in [0.5, 0.6) is 11.5 Å². The first-order valence-corrected chi connectivity index (χ1v) is 10.2. The second-order valence-electron chi connectivity index (χ2n) is 8.24. The molecule has 2 heterocycles. The van der Waals surface area contributed by atoms with E-state index in [9.17, 15) is 14.4 Å². The zero-order valence-corrected chi connectivity index (χ0v) is 16.8. The maximum absolute atomic E-state index is 13.1. The average Bonchev–Trinajstić information content (AvgIpc) is 2.93. The molecule has 0 unspecified atom stereocenters. The molecule has 1 saturated carbocycles. The lowest BCUT2D eigenvalue weighted by Gasteiger charge is -2.30. The van der Waals surface area contributed by atoms with Crippen molar-refractivity contribution in [2.24, 2.45) is 5.92 Å². The number of benzene rings is 1. The Kier molecular flexibility index (Phi) is 5.10. The molecule has 4 rings (SSSR count). The SMILES string of the molecule is C[C@H]1CCCC[C@H]1NC(=O)CN1C(=O)N[C@](C)(c2ccc3c(c2)OCCO3)C1=O. The third kappa shape index (κ3) is 3.63. The molecule has 0 aromatic heterocycles. The van der Waals surface area contributed by atoms with Crippen molar-refractivity contribution in [3.8, 4) is 11.5 Å². The predicted molar refractivity (Wildman–Crippen MR) is 105 cm³/mol. The van der Waals surface area contributed by atoms with Gasteiger partial charge in [0.25, 0.3) is 5.91 Å². The van der Waals surface area contributed by atoms with Crippen LogP contribution in [0.15, 0.2) is 18.2 Å². The molecule has 2 fully saturated rings. The van der Waals surface area contributed by atoms with E-state index in [0.29, 0.717) is 36.2 Å². The van der Waals surface area contributed by atoms with Gasteiger partial charge in [0.2, 0.25) is 5.91 Å². The summed E-state index contributed by atoms with van der Waals surface area (Å²) >= 11 is 0. The number of rotatable bonds is 4. The quantitative estimate of drug-likeness (QED) is 0.752. The molecular weight excluding hydrogens is 374 g/mol. The number of carbonyl (C=O) groups excluding carboxylic acids is 3. The van der Waals surface area contributed by atoms with Crippen molar-refractivity contribution < 1.29 is 23.9 Å². The minimum absolute atomic E-state index is 0.0983. The summed E-state index contributed by atoms with van der Waals surface area (Å²) < 4.78 is 11.1. The van der Waals surface area contributed by atoms with Crippen LogP contribution in [0.1, 0.15) is 45.1 Å². The van der Waals surface area contributed by atoms with E-state index in [1.807, 2.05) is 0 Å². The molecule has 29 heavy (non-hydrogen) atoms. The van der Waals surface area contributed by atoms with Crippen LogP contribution in [0.4, 0.5) is 4.79 Å². The predicted octanol–water partition coefficient (Wildman–Crippen LogP) is 1.92. The number of imide groups is 1. The fourth-order valence-corrected chi connectivity index (χ4v) is 4.32. The van der Waals surface area contributed by atoms with E-state index in [2.05, 4.69) is 17.6 Å². The standard InChI is InChI=1S/C21H27N3O5/c1-13-5-3-4-6-15(13)22-18(25)12-24-19(26)21(2,23-20(24)27)14-7-8-16-17(11-14)29-10-9-28-16/h7-8,11,13,15H,3-6,9-10,12H2,1-2H3,(H,22,25)(H,23,27)/t13-,15+,21+/m0/s1. The van der Waals surface area contributed by atoms with Gasteiger partial charge in [-0.1, -0.05) is 25.8 Å². The Balaban J connectivity index is 1.47. The van der Waals surface area contributed by atoms with Gasteiger partial charge in [-0.2, -0.15) is 0 Å². The number of carbonyl (C=O) groups is 3. The van der Waals surface area contributed by atoms with Gasteiger partial charge in [0, 0.05) is 6.04 Å². The van der Waals surface area contributed by atoms with Crippen molar-refractivity contribution >= 4 is 17.8 Å². The summed E-state index contributed by atoms with van der Waals surface area (Å²) in [4.78, 5) is 39.1. The van der Waals surface area contributed by atoms with Gasteiger partial charge in [-0.3, -0.25) is 14.5 Å². The van der Waals surface area contributed by atoms with E-state index in [-0.39, 0.29) is 18.5 Å². The Bertz CT molecular complexity index is 842. The molecular formula is C21H27N3O5. The van der Waals surface area contributed by atoms with Crippen molar-refractivity contribution in [3.63, 3.8) is 0 Å². The van der Waals surface area contributed by atoms with Gasteiger partial charge < -0.3 is 20.1 Å². The molecule has 2 N–H and O–H groups in total. The Morgan fingerprint density at radius 3 is 2.69 bits per heavy atom. The highest BCUT2D eigenvalue weighted by atomic mass is 16.6. The highest BCUT2D eigenvalue weighted by molar-refractivity contribution is 6.09. The number of ether oxygens (including phenoxy) is 2. The lowest BCUT2D eigenvalue weighted by Crippen LogP contribution is -2.47. The molecule has 3 atom stereocenters. The first-order valence-electron chi connectivity index (χ1n) is 10.2. The normalized spacial score (nSPS) is 28.8. The van der Waals surface area contributed by atoms with Crippen LogP contribution >= 0.6 is 0 Å². The molecule has 8 heteroatoms. The number of amides is 4. The molecule has 1 aromatic carbocycles. The van der Waals surface area contributed by atoms with Gasteiger partial charge in [0.15, 0.2) is 11.5 Å². The summed E-state index contributed by atoms with van der Waals surface area (Å²) in [6.07, 6.45) is 4.27. The van der Waals surface area contributed by atoms with Gasteiger partial charge in [-0.25, -0.2) is 4.79 Å². The van der Waals surface area contributed by atoms with Crippen molar-refractivity contribution in [1.29, 1.82) is 0 Å². The summed E-state index contributed by atoms with van der Waals surface area (Å²) in [5.74, 6) is 0.793. The first-order chi connectivity index (χ1) is 13.9. The van der Waals surface area contributed by atoms with Crippen LogP contribution in [0.25, 0.3) is 0 Å². The van der Waals surface area contributed by atoms with E-state index >= 15 is 0 Å². The highest BCUT2D eigenvalue weighted by Crippen LogP contribution is 2.36. The Morgan fingerprint density at radius 2 is 1.93 bits per heavy atom. The monoisotopic (exact) mass is 401 g/mol. The maximum atomic E-state index is 13.1. The topological polar surface area (TPSA) is 97.0 Å². The third-order valence-electron chi connectivity index (χ3n) is 6.15. The van der Waals surface area contributed by atoms with Crippen molar-refractivity contribution in [2.75, 3.05) is 19.8 Å². The second-order valence-corrected chi connectivity index (χ2v) is 8.24. The molecule has 1 saturated heterocycles. The van der Waals surface area contributed by atoms with E-state index in [0.717, 1.165) is 24.2 Å². The summed E-state index contributed by atoms with van der Waals surface area (Å²) in [5.41, 5.74) is -0.672. The number of nitrogens with zero attached hydrogens (tertiary/aromatic N) is 1. The Labute approximate surface area is 169 Å². The van der Waals surface area contributed by atoms with Gasteiger partial charge >= 0.3 is 6.03 Å². The summed E-state index contributed by atoms with van der Waals surface area (Å²) in [5, 5.41) is 5.73. The minimum Gasteiger partial charge on any atom is -0.486 e. The lowest BCUT2D eigenvalue weighted by atomic mass is 9.86. The third-order valence-corrected chi connectivity index (χ3v) is 6.15. The molecule has 1 aliphatic carbocycles. The van der Waals surface area contributed by atoms with Crippen LogP contribution in [-0.2, 0) is 15.1 Å². The molecule has 0 radical (unpaired) electrons. The molecule has 4 amide bonds. The second kappa shape index (κ2) is 7.57. The van der Waals surface area contributed by atoms with Crippen LogP contribution in [0.2, 0.25) is 0 Å². The smallest absolute Gasteiger partial charge is 0.325 e. The fourth-order valence-electron chi connectivity index (χ4n) is 4.32. The van der Waals surface area contributed by atoms with Crippen LogP contribution in [-0.4, -0.2) is 48.5 Å². The van der Waals surface area contributed by atoms with Crippen LogP contribution in [0, 0.1) is 5.92 Å². The molecule has 0 bridgehead atoms. The molecule has 0 spiro atoms. The Morgan fingerprint density at radius 1 is 1.21 bits per heavy atom. The molecule has 3 aliphatic rings. The van der Waals surface area contributed by atoms with Gasteiger partial charge in [-0.15, -0.1) is 0 Å². The zero-order chi connectivity index (χ0) is 20.6. The zero-order valence-electron chi connectivity index (χ0n) is 16.8. The number of fused-ring (bicyclic) bond motifs is 1. The number of hydrogen-bond donors (Lipinski definition) is 2. The van der Waals surface area contributed by atoms with Gasteiger partial charge in [-0.05, 0) is 43.4 Å². The summed E-state index contributed by atoms with van der Waals surface area (Å²) in [7, 11) is 0. The molecule has 8 nitrogen and oxygen atoms in total. The highest BCUT2D eigenvalue weighted by Gasteiger charge is 2.50. The molecule has 156 valence electrons. The number of urea groups is 1. The summed E-state index contributed by atoms with van der Waals surface area (Å²) in [6.45, 7) is 4.38. The van der Waals surface area contributed by atoms with Crippen molar-refractivity contribution in [1.82, 2.24) is 15.5 Å². The minimum atomic E-state index is -1.26. The number of hydrogen-bond acceptors (Lipinski definition) is 5. The van der Waals surface area contributed by atoms with Gasteiger partial charge in [0.05, 0.1) is 0 Å². The van der Waals surface area contributed by atoms with E-state index in [1.165, 1.54) is 6.42 Å². The molecule has 1 aromatic rings. The lowest BCUT2D eigenvalue weighted by molar-refractivity contribution is -0.135. The van der Waals surface area contributed by atoms with Crippen LogP contribution in [0.3, 0.4) is 0 Å².